The summed E-state index contributed by atoms with van der Waals surface area (Å²) in [7, 11) is -3.71. The first-order valence-electron chi connectivity index (χ1n) is 23.4. The average molecular weight is 1220 g/mol. The van der Waals surface area contributed by atoms with Gasteiger partial charge in [-0.2, -0.15) is 0 Å². The first-order chi connectivity index (χ1) is 34.5. The van der Waals surface area contributed by atoms with Crippen molar-refractivity contribution in [3.63, 3.8) is 0 Å². The van der Waals surface area contributed by atoms with Crippen molar-refractivity contribution in [3.05, 3.63) is 130 Å². The molecule has 3 fully saturated rings. The fourth-order valence-corrected chi connectivity index (χ4v) is 11.5. The van der Waals surface area contributed by atoms with E-state index in [4.69, 9.17) is 40.4 Å². The Bertz CT molecular complexity index is 2720. The summed E-state index contributed by atoms with van der Waals surface area (Å²) in [4.78, 5) is 0.648. The molecule has 5 aromatic carbocycles. The lowest BCUT2D eigenvalue weighted by atomic mass is 9.80. The molecule has 73 heavy (non-hydrogen) atoms. The molecule has 3 aliphatic rings. The van der Waals surface area contributed by atoms with E-state index in [1.807, 2.05) is 24.3 Å². The van der Waals surface area contributed by atoms with E-state index >= 15 is 0 Å². The number of sulfonamides is 2. The van der Waals surface area contributed by atoms with E-state index < -0.39 is 36.2 Å². The molecule has 0 aliphatic heterocycles. The Morgan fingerprint density at radius 2 is 0.726 bits per heavy atom. The van der Waals surface area contributed by atoms with Crippen LogP contribution >= 0.6 is 42.5 Å². The maximum absolute atomic E-state index is 12.5. The molecule has 0 spiro atoms. The van der Waals surface area contributed by atoms with E-state index in [0.29, 0.717) is 62.6 Å². The average Bonchev–Trinajstić information content (AvgIpc) is 3.37. The molecule has 0 saturated heterocycles. The van der Waals surface area contributed by atoms with Crippen molar-refractivity contribution in [2.45, 2.75) is 128 Å². The Morgan fingerprint density at radius 3 is 1.03 bits per heavy atom. The van der Waals surface area contributed by atoms with Crippen LogP contribution in [0.4, 0.5) is 0 Å². The summed E-state index contributed by atoms with van der Waals surface area (Å²) in [5, 5.41) is 54.2. The number of benzene rings is 5. The monoisotopic (exact) mass is 1220 g/mol. The minimum Gasteiger partial charge on any atom is -0.497 e. The molecule has 23 heteroatoms. The van der Waals surface area contributed by atoms with Gasteiger partial charge in [-0.05, 0) is 179 Å². The molecule has 0 bridgehead atoms. The first-order valence-corrected chi connectivity index (χ1v) is 30.3. The normalized spacial score (nSPS) is 20.9. The molecule has 0 amide bonds. The number of nitrogens with one attached hydrogen (secondary N) is 2. The lowest BCUT2D eigenvalue weighted by Gasteiger charge is -2.26. The third-order valence-corrected chi connectivity index (χ3v) is 17.4. The van der Waals surface area contributed by atoms with Crippen molar-refractivity contribution in [2.24, 2.45) is 0 Å². The van der Waals surface area contributed by atoms with Gasteiger partial charge in [0.2, 0.25) is 20.0 Å². The van der Waals surface area contributed by atoms with Crippen molar-refractivity contribution in [1.29, 1.82) is 0 Å². The number of hydrogen-bond acceptors (Lipinski definition) is 14. The molecule has 0 atom stereocenters. The number of ether oxygens (including phenoxy) is 2. The van der Waals surface area contributed by atoms with Crippen LogP contribution in [0.25, 0.3) is 11.1 Å². The number of aliphatic hydroxyl groups is 4. The third kappa shape index (κ3) is 22.3. The van der Waals surface area contributed by atoms with Gasteiger partial charge in [0.1, 0.15) is 11.5 Å². The summed E-state index contributed by atoms with van der Waals surface area (Å²) in [6.45, 7) is 0. The third-order valence-electron chi connectivity index (χ3n) is 11.9. The molecule has 0 aromatic heterocycles. The van der Waals surface area contributed by atoms with Gasteiger partial charge in [0.05, 0.1) is 53.3 Å². The Kier molecular flexibility index (Phi) is 25.8. The summed E-state index contributed by atoms with van der Waals surface area (Å²) in [6, 6.07) is 33.5. The number of methoxy groups -OCH3 is 2. The highest BCUT2D eigenvalue weighted by molar-refractivity contribution is 9.10. The van der Waals surface area contributed by atoms with Crippen LogP contribution in [-0.2, 0) is 29.1 Å². The summed E-state index contributed by atoms with van der Waals surface area (Å²) in [5.41, 5.74) is 2.41. The van der Waals surface area contributed by atoms with Crippen LogP contribution in [0.5, 0.6) is 11.5 Å². The first kappa shape index (κ1) is 62.1. The van der Waals surface area contributed by atoms with Gasteiger partial charge < -0.3 is 39.9 Å². The van der Waals surface area contributed by atoms with Crippen LogP contribution in [-0.4, -0.2) is 114 Å². The molecular formula is C50H64BBr2ClN2O14S3. The van der Waals surface area contributed by atoms with E-state index in [2.05, 4.69) is 41.3 Å². The van der Waals surface area contributed by atoms with E-state index in [9.17, 15) is 35.5 Å². The predicted octanol–water partition coefficient (Wildman–Crippen LogP) is 7.01. The molecule has 0 unspecified atom stereocenters. The Balaban J connectivity index is 0.000000211. The van der Waals surface area contributed by atoms with E-state index in [1.165, 1.54) is 12.1 Å². The zero-order valence-corrected chi connectivity index (χ0v) is 46.8. The molecule has 0 heterocycles. The zero-order valence-electron chi connectivity index (χ0n) is 40.4. The second kappa shape index (κ2) is 30.3. The Labute approximate surface area is 451 Å². The highest BCUT2D eigenvalue weighted by Gasteiger charge is 2.26. The van der Waals surface area contributed by atoms with Gasteiger partial charge in [-0.25, -0.2) is 34.7 Å². The molecule has 0 radical (unpaired) electrons. The van der Waals surface area contributed by atoms with E-state index in [-0.39, 0.29) is 51.2 Å². The van der Waals surface area contributed by atoms with Gasteiger partial charge in [0, 0.05) is 31.7 Å². The van der Waals surface area contributed by atoms with Crippen LogP contribution in [0, 0.1) is 0 Å². The van der Waals surface area contributed by atoms with Gasteiger partial charge in [0.15, 0.2) is 0 Å². The SMILES string of the molecule is COc1ccc(-c2ccc(S(=O)(=O)NC3CCC(O)CC3)cc2)cc1.COc1ccc(B(O)O)cc1.O=S(=O)(Cl)c1ccc(Br)cc1.O=S(=O)(NC1CCC(O)CC1)c1ccc(Br)cc1.OC1CCC(O)CC1. The van der Waals surface area contributed by atoms with Crippen molar-refractivity contribution >= 4 is 84.2 Å². The lowest BCUT2D eigenvalue weighted by molar-refractivity contribution is 0.0541. The Morgan fingerprint density at radius 1 is 0.452 bits per heavy atom. The molecule has 5 aromatic rings. The second-order valence-electron chi connectivity index (χ2n) is 17.5. The van der Waals surface area contributed by atoms with Gasteiger partial charge in [0.25, 0.3) is 9.05 Å². The van der Waals surface area contributed by atoms with Crippen LogP contribution in [0.3, 0.4) is 0 Å². The minimum atomic E-state index is -3.57. The molecule has 8 rings (SSSR count). The quantitative estimate of drug-likeness (QED) is 0.0489. The van der Waals surface area contributed by atoms with Crippen LogP contribution < -0.4 is 24.4 Å². The number of rotatable bonds is 11. The van der Waals surface area contributed by atoms with Crippen molar-refractivity contribution in [3.8, 4) is 22.6 Å². The number of aliphatic hydroxyl groups excluding tert-OH is 4. The van der Waals surface area contributed by atoms with Crippen molar-refractivity contribution in [2.75, 3.05) is 14.2 Å². The minimum absolute atomic E-state index is 0.0675. The van der Waals surface area contributed by atoms with Gasteiger partial charge in [-0.15, -0.1) is 0 Å². The summed E-state index contributed by atoms with van der Waals surface area (Å²) in [6.07, 6.45) is 7.58. The summed E-state index contributed by atoms with van der Waals surface area (Å²) >= 11 is 6.45. The van der Waals surface area contributed by atoms with E-state index in [1.54, 1.807) is 99.1 Å². The Hall–Kier alpha value is -3.46. The van der Waals surface area contributed by atoms with Gasteiger partial charge in [-0.1, -0.05) is 68.3 Å². The molecule has 3 aliphatic carbocycles. The smallest absolute Gasteiger partial charge is 0.488 e. The predicted molar refractivity (Wildman–Crippen MR) is 290 cm³/mol. The molecule has 8 N–H and O–H groups in total. The molecule has 400 valence electrons. The number of halogens is 3. The highest BCUT2D eigenvalue weighted by atomic mass is 79.9. The van der Waals surface area contributed by atoms with Crippen molar-refractivity contribution in [1.82, 2.24) is 9.44 Å². The molecule has 3 saturated carbocycles. The topological polar surface area (TPSA) is 266 Å². The highest BCUT2D eigenvalue weighted by Crippen LogP contribution is 2.26. The standard InChI is InChI=1S/C19H23NO4S.C12H16BrNO3S.C7H9BO3.C6H4BrClO2S.C6H12O2/c1-24-18-10-2-14(3-11-18)15-4-12-19(13-5-15)25(22,23)20-16-6-8-17(21)9-7-16;13-9-1-7-12(8-2-9)18(16,17)14-10-3-5-11(15)6-4-10;1-11-7-4-2-6(3-5-7)8(9)10;7-5-1-3-6(4-2-5)11(8,9)10;7-5-1-2-6(8)4-3-5/h2-5,10-13,16-17,20-21H,6-9H2,1H3;1-2,7-8,10-11,14-15H,3-6H2;2-5,9-10H,1H3;1-4H;5-8H,1-4H2. The van der Waals surface area contributed by atoms with Crippen molar-refractivity contribution < 1.29 is 65.2 Å². The van der Waals surface area contributed by atoms with Gasteiger partial charge in [-0.3, -0.25) is 0 Å². The fourth-order valence-electron chi connectivity index (χ4n) is 7.62. The number of hydrogen-bond donors (Lipinski definition) is 8. The summed E-state index contributed by atoms with van der Waals surface area (Å²) in [5.74, 6) is 1.49. The largest absolute Gasteiger partial charge is 0.497 e. The lowest BCUT2D eigenvalue weighted by Crippen LogP contribution is -2.38. The van der Waals surface area contributed by atoms with Crippen LogP contribution in [0.15, 0.2) is 145 Å². The maximum atomic E-state index is 12.5. The van der Waals surface area contributed by atoms with Gasteiger partial charge >= 0.3 is 7.12 Å². The maximum Gasteiger partial charge on any atom is 0.488 e. The molecule has 16 nitrogen and oxygen atoms in total. The van der Waals surface area contributed by atoms with E-state index in [0.717, 1.165) is 51.5 Å². The fraction of sp³-hybridized carbons (Fsp3) is 0.400. The van der Waals surface area contributed by atoms with Crippen LogP contribution in [0.2, 0.25) is 0 Å². The summed E-state index contributed by atoms with van der Waals surface area (Å²) < 4.78 is 87.8. The zero-order chi connectivity index (χ0) is 53.8. The second-order valence-corrected chi connectivity index (χ2v) is 25.3. The molecular weight excluding hydrogens is 1150 g/mol. The van der Waals surface area contributed by atoms with Crippen LogP contribution in [0.1, 0.15) is 77.0 Å².